The van der Waals surface area contributed by atoms with Gasteiger partial charge in [0, 0.05) is 11.0 Å². The van der Waals surface area contributed by atoms with Gasteiger partial charge in [0.25, 0.3) is 0 Å². The highest BCUT2D eigenvalue weighted by molar-refractivity contribution is 5.66. The summed E-state index contributed by atoms with van der Waals surface area (Å²) in [5, 5.41) is 16.6. The molecule has 4 atom stereocenters. The molecular weight excluding hydrogens is 288 g/mol. The second kappa shape index (κ2) is 4.81. The van der Waals surface area contributed by atoms with Crippen molar-refractivity contribution in [2.24, 2.45) is 5.11 Å². The van der Waals surface area contributed by atoms with Gasteiger partial charge in [0.15, 0.2) is 24.0 Å². The average molecular weight is 297 g/mol. The zero-order valence-corrected chi connectivity index (χ0v) is 10.3. The molecule has 11 heteroatoms. The van der Waals surface area contributed by atoms with Crippen LogP contribution in [0, 0.1) is 5.82 Å². The lowest BCUT2D eigenvalue weighted by atomic mass is 10.1. The van der Waals surface area contributed by atoms with Crippen LogP contribution in [0.5, 0.6) is 0 Å². The summed E-state index contributed by atoms with van der Waals surface area (Å²) < 4.78 is 34.2. The Hall–Kier alpha value is -2.49. The van der Waals surface area contributed by atoms with Gasteiger partial charge in [-0.15, -0.1) is 0 Å². The van der Waals surface area contributed by atoms with Crippen molar-refractivity contribution in [2.45, 2.75) is 24.6 Å². The number of rotatable bonds is 2. The van der Waals surface area contributed by atoms with E-state index in [1.54, 1.807) is 0 Å². The fraction of sp³-hybridized carbons (Fsp3) is 0.400. The van der Waals surface area contributed by atoms with E-state index in [1.165, 1.54) is 0 Å². The number of ether oxygens (including phenoxy) is 1. The molecule has 0 spiro atoms. The Kier molecular flexibility index (Phi) is 3.09. The zero-order valence-electron chi connectivity index (χ0n) is 10.3. The Bertz CT molecular complexity index is 744. The highest BCUT2D eigenvalue weighted by Crippen LogP contribution is 2.37. The third kappa shape index (κ3) is 1.95. The minimum absolute atomic E-state index is 0.00112. The number of nitrogen functional groups attached to an aromatic ring is 1. The molecule has 21 heavy (non-hydrogen) atoms. The molecule has 9 nitrogen and oxygen atoms in total. The molecule has 3 rings (SSSR count). The summed E-state index contributed by atoms with van der Waals surface area (Å²) in [6, 6.07) is 0.989. The van der Waals surface area contributed by atoms with Crippen LogP contribution in [0.4, 0.5) is 14.6 Å². The van der Waals surface area contributed by atoms with Gasteiger partial charge in [-0.1, -0.05) is 5.11 Å². The van der Waals surface area contributed by atoms with E-state index in [1.807, 2.05) is 0 Å². The van der Waals surface area contributed by atoms with Crippen LogP contribution in [0.15, 0.2) is 17.5 Å². The van der Waals surface area contributed by atoms with Crippen LogP contribution in [0.2, 0.25) is 0 Å². The van der Waals surface area contributed by atoms with Crippen molar-refractivity contribution in [1.82, 2.24) is 14.6 Å². The molecule has 2 aromatic rings. The Labute approximate surface area is 115 Å². The molecular formula is C10H9F2N7O2. The van der Waals surface area contributed by atoms with Gasteiger partial charge in [-0.05, 0) is 5.53 Å². The summed E-state index contributed by atoms with van der Waals surface area (Å²) in [5.74, 6) is -0.866. The number of hydrogen-bond acceptors (Lipinski definition) is 6. The van der Waals surface area contributed by atoms with Crippen LogP contribution < -0.4 is 5.73 Å². The fourth-order valence-electron chi connectivity index (χ4n) is 2.27. The lowest BCUT2D eigenvalue weighted by molar-refractivity contribution is 0.0116. The van der Waals surface area contributed by atoms with Crippen LogP contribution in [0.3, 0.4) is 0 Å². The maximum absolute atomic E-state index is 14.1. The van der Waals surface area contributed by atoms with Gasteiger partial charge in [-0.3, -0.25) is 0 Å². The molecule has 1 aliphatic rings. The quantitative estimate of drug-likeness (QED) is 0.481. The Morgan fingerprint density at radius 1 is 1.57 bits per heavy atom. The first-order valence-electron chi connectivity index (χ1n) is 5.84. The Morgan fingerprint density at radius 3 is 3.05 bits per heavy atom. The molecule has 0 bridgehead atoms. The number of halogens is 2. The molecule has 3 N–H and O–H groups in total. The first kappa shape index (κ1) is 13.5. The highest BCUT2D eigenvalue weighted by atomic mass is 19.1. The van der Waals surface area contributed by atoms with Crippen molar-refractivity contribution < 1.29 is 18.6 Å². The number of fused-ring (bicyclic) bond motifs is 1. The van der Waals surface area contributed by atoms with Crippen molar-refractivity contribution in [3.8, 4) is 0 Å². The highest BCUT2D eigenvalue weighted by Gasteiger charge is 2.46. The van der Waals surface area contributed by atoms with E-state index in [0.717, 1.165) is 16.9 Å². The number of alkyl halides is 1. The van der Waals surface area contributed by atoms with E-state index >= 15 is 0 Å². The second-order valence-corrected chi connectivity index (χ2v) is 4.41. The Morgan fingerprint density at radius 2 is 2.33 bits per heavy atom. The number of aliphatic hydroxyl groups excluding tert-OH is 1. The van der Waals surface area contributed by atoms with Crippen LogP contribution in [0.25, 0.3) is 16.0 Å². The number of azide groups is 1. The predicted molar refractivity (Wildman–Crippen MR) is 65.0 cm³/mol. The molecule has 0 aromatic carbocycles. The maximum atomic E-state index is 14.1. The van der Waals surface area contributed by atoms with Gasteiger partial charge >= 0.3 is 0 Å². The summed E-state index contributed by atoms with van der Waals surface area (Å²) in [6.07, 6.45) is -5.23. The molecule has 0 radical (unpaired) electrons. The Balaban J connectivity index is 2.09. The van der Waals surface area contributed by atoms with E-state index < -0.39 is 30.4 Å². The van der Waals surface area contributed by atoms with Crippen molar-refractivity contribution in [3.05, 3.63) is 34.3 Å². The van der Waals surface area contributed by atoms with E-state index in [-0.39, 0.29) is 17.0 Å². The topological polar surface area (TPSA) is 134 Å². The van der Waals surface area contributed by atoms with Crippen LogP contribution >= 0.6 is 0 Å². The third-order valence-electron chi connectivity index (χ3n) is 3.21. The van der Waals surface area contributed by atoms with Crippen molar-refractivity contribution in [3.63, 3.8) is 0 Å². The van der Waals surface area contributed by atoms with Crippen molar-refractivity contribution in [1.29, 1.82) is 0 Å². The third-order valence-corrected chi connectivity index (χ3v) is 3.21. The minimum Gasteiger partial charge on any atom is -0.387 e. The average Bonchev–Trinajstić information content (AvgIpc) is 2.93. The molecule has 110 valence electrons. The van der Waals surface area contributed by atoms with Gasteiger partial charge in [-0.2, -0.15) is 5.10 Å². The summed E-state index contributed by atoms with van der Waals surface area (Å²) in [7, 11) is 0. The summed E-state index contributed by atoms with van der Waals surface area (Å²) in [6.45, 7) is 0. The molecule has 0 amide bonds. The first-order valence-corrected chi connectivity index (χ1v) is 5.84. The van der Waals surface area contributed by atoms with Gasteiger partial charge < -0.3 is 15.6 Å². The van der Waals surface area contributed by atoms with Gasteiger partial charge in [0.1, 0.15) is 24.1 Å². The van der Waals surface area contributed by atoms with Crippen LogP contribution in [-0.2, 0) is 4.74 Å². The predicted octanol–water partition coefficient (Wildman–Crippen LogP) is 0.857. The largest absolute Gasteiger partial charge is 0.387 e. The number of anilines is 1. The van der Waals surface area contributed by atoms with Crippen molar-refractivity contribution >= 4 is 11.3 Å². The summed E-state index contributed by atoms with van der Waals surface area (Å²) >= 11 is 0. The second-order valence-electron chi connectivity index (χ2n) is 4.41. The summed E-state index contributed by atoms with van der Waals surface area (Å²) in [5.41, 5.74) is 13.8. The normalized spacial score (nSPS) is 28.7. The number of nitrogens with zero attached hydrogens (tertiary/aromatic N) is 6. The SMILES string of the molecule is [N-]=[N+]=N[C@@H]1O[C@@H](c2cc(F)c3c(N)ncnn23)[C@H](F)[C@@H]1O. The van der Waals surface area contributed by atoms with Gasteiger partial charge in [0.05, 0.1) is 5.69 Å². The van der Waals surface area contributed by atoms with E-state index in [0.29, 0.717) is 0 Å². The number of aromatic nitrogens is 3. The van der Waals surface area contributed by atoms with Crippen LogP contribution in [-0.4, -0.2) is 38.2 Å². The van der Waals surface area contributed by atoms with E-state index in [2.05, 4.69) is 20.1 Å². The number of nitrogens with two attached hydrogens (primary N) is 1. The smallest absolute Gasteiger partial charge is 0.166 e. The molecule has 0 aliphatic carbocycles. The minimum atomic E-state index is -1.91. The lowest BCUT2D eigenvalue weighted by Gasteiger charge is -2.12. The molecule has 1 fully saturated rings. The lowest BCUT2D eigenvalue weighted by Crippen LogP contribution is -2.26. The standard InChI is InChI=1S/C10H9F2N7O2/c11-3-1-4(19-6(3)9(13)15-2-16-19)8-5(12)7(20)10(21-8)17-18-14/h1-2,5,7-8,10,20H,(H2,13,15,16)/t5-,7+,8+,10-/m1/s1. The molecule has 1 saturated heterocycles. The zero-order chi connectivity index (χ0) is 15.1. The molecule has 0 unspecified atom stereocenters. The van der Waals surface area contributed by atoms with E-state index in [4.69, 9.17) is 16.0 Å². The summed E-state index contributed by atoms with van der Waals surface area (Å²) in [4.78, 5) is 6.10. The van der Waals surface area contributed by atoms with Gasteiger partial charge in [0.2, 0.25) is 0 Å². The van der Waals surface area contributed by atoms with Crippen LogP contribution in [0.1, 0.15) is 11.8 Å². The number of aliphatic hydroxyl groups is 1. The van der Waals surface area contributed by atoms with Gasteiger partial charge in [-0.25, -0.2) is 18.3 Å². The first-order chi connectivity index (χ1) is 10.0. The molecule has 0 saturated carbocycles. The van der Waals surface area contributed by atoms with E-state index in [9.17, 15) is 13.9 Å². The molecule has 1 aliphatic heterocycles. The maximum Gasteiger partial charge on any atom is 0.166 e. The molecule has 3 heterocycles. The molecule has 2 aromatic heterocycles. The monoisotopic (exact) mass is 297 g/mol. The number of hydrogen-bond donors (Lipinski definition) is 2. The van der Waals surface area contributed by atoms with Crippen molar-refractivity contribution in [2.75, 3.05) is 5.73 Å². The fourth-order valence-corrected chi connectivity index (χ4v) is 2.27.